The minimum Gasteiger partial charge on any atom is -0.382 e. The van der Waals surface area contributed by atoms with Crippen molar-refractivity contribution in [3.05, 3.63) is 41.0 Å². The van der Waals surface area contributed by atoms with Crippen LogP contribution in [0.3, 0.4) is 0 Å². The summed E-state index contributed by atoms with van der Waals surface area (Å²) in [6, 6.07) is 9.14. The van der Waals surface area contributed by atoms with Crippen LogP contribution in [0.15, 0.2) is 30.5 Å². The third-order valence-corrected chi connectivity index (χ3v) is 3.45. The number of aromatic nitrogens is 3. The molecule has 0 aliphatic carbocycles. The molecule has 3 rings (SSSR count). The first-order chi connectivity index (χ1) is 10.1. The molecule has 0 aliphatic rings. The summed E-state index contributed by atoms with van der Waals surface area (Å²) in [6.07, 6.45) is 1.68. The largest absolute Gasteiger partial charge is 0.382 e. The van der Waals surface area contributed by atoms with Gasteiger partial charge < -0.3 is 11.5 Å². The van der Waals surface area contributed by atoms with E-state index in [1.165, 1.54) is 0 Å². The van der Waals surface area contributed by atoms with Gasteiger partial charge in [0.2, 0.25) is 5.95 Å². The van der Waals surface area contributed by atoms with E-state index in [2.05, 4.69) is 15.0 Å². The maximum atomic E-state index is 9.25. The Morgan fingerprint density at radius 3 is 2.71 bits per heavy atom. The standard InChI is InChI=1S/C14H9ClN6/c15-11-7-2-1-5-19-10(7)4-3-8(11)12-9(6-16)13(17)21-14(18)20-12/h1-5H,(H4,17,18,20,21). The summed E-state index contributed by atoms with van der Waals surface area (Å²) in [6.45, 7) is 0. The van der Waals surface area contributed by atoms with Crippen molar-refractivity contribution in [2.24, 2.45) is 0 Å². The average molecular weight is 297 g/mol. The second-order valence-electron chi connectivity index (χ2n) is 4.30. The summed E-state index contributed by atoms with van der Waals surface area (Å²) < 4.78 is 0. The molecule has 0 radical (unpaired) electrons. The highest BCUT2D eigenvalue weighted by atomic mass is 35.5. The van der Waals surface area contributed by atoms with Gasteiger partial charge in [0.25, 0.3) is 0 Å². The van der Waals surface area contributed by atoms with Gasteiger partial charge in [-0.15, -0.1) is 0 Å². The fourth-order valence-corrected chi connectivity index (χ4v) is 2.41. The Morgan fingerprint density at radius 1 is 1.14 bits per heavy atom. The zero-order valence-electron chi connectivity index (χ0n) is 10.7. The molecule has 3 aromatic rings. The summed E-state index contributed by atoms with van der Waals surface area (Å²) >= 11 is 6.42. The van der Waals surface area contributed by atoms with Gasteiger partial charge in [-0.3, -0.25) is 4.98 Å². The Hall–Kier alpha value is -2.91. The van der Waals surface area contributed by atoms with Crippen LogP contribution >= 0.6 is 11.6 Å². The van der Waals surface area contributed by atoms with Crippen molar-refractivity contribution in [3.8, 4) is 17.3 Å². The van der Waals surface area contributed by atoms with Gasteiger partial charge in [-0.1, -0.05) is 11.6 Å². The van der Waals surface area contributed by atoms with Crippen LogP contribution in [0.1, 0.15) is 5.56 Å². The van der Waals surface area contributed by atoms with Crippen molar-refractivity contribution in [2.45, 2.75) is 0 Å². The smallest absolute Gasteiger partial charge is 0.222 e. The molecule has 7 heteroatoms. The van der Waals surface area contributed by atoms with Gasteiger partial charge in [-0.05, 0) is 24.3 Å². The number of fused-ring (bicyclic) bond motifs is 1. The first-order valence-electron chi connectivity index (χ1n) is 5.98. The number of pyridine rings is 1. The molecule has 6 nitrogen and oxygen atoms in total. The number of benzene rings is 1. The second-order valence-corrected chi connectivity index (χ2v) is 4.68. The molecule has 4 N–H and O–H groups in total. The molecule has 0 unspecified atom stereocenters. The SMILES string of the molecule is N#Cc1c(N)nc(N)nc1-c1ccc2ncccc2c1Cl. The lowest BCUT2D eigenvalue weighted by Gasteiger charge is -2.10. The summed E-state index contributed by atoms with van der Waals surface area (Å²) in [5.41, 5.74) is 13.1. The molecule has 102 valence electrons. The topological polar surface area (TPSA) is 114 Å². The summed E-state index contributed by atoms with van der Waals surface area (Å²) in [7, 11) is 0. The van der Waals surface area contributed by atoms with Crippen LogP contribution in [0.25, 0.3) is 22.2 Å². The van der Waals surface area contributed by atoms with Crippen molar-refractivity contribution in [1.29, 1.82) is 5.26 Å². The van der Waals surface area contributed by atoms with Crippen molar-refractivity contribution < 1.29 is 0 Å². The molecular weight excluding hydrogens is 288 g/mol. The highest BCUT2D eigenvalue weighted by Gasteiger charge is 2.17. The Kier molecular flexibility index (Phi) is 3.05. The zero-order chi connectivity index (χ0) is 15.0. The van der Waals surface area contributed by atoms with Crippen LogP contribution in [0.4, 0.5) is 11.8 Å². The highest BCUT2D eigenvalue weighted by Crippen LogP contribution is 2.35. The van der Waals surface area contributed by atoms with Gasteiger partial charge in [0, 0.05) is 17.1 Å². The predicted molar refractivity (Wildman–Crippen MR) is 81.3 cm³/mol. The van der Waals surface area contributed by atoms with Crippen LogP contribution in [0, 0.1) is 11.3 Å². The molecule has 2 aromatic heterocycles. The maximum Gasteiger partial charge on any atom is 0.222 e. The van der Waals surface area contributed by atoms with Gasteiger partial charge >= 0.3 is 0 Å². The monoisotopic (exact) mass is 296 g/mol. The number of halogens is 1. The molecule has 0 amide bonds. The van der Waals surface area contributed by atoms with Crippen molar-refractivity contribution in [2.75, 3.05) is 11.5 Å². The lowest BCUT2D eigenvalue weighted by Crippen LogP contribution is -2.05. The number of nitriles is 1. The zero-order valence-corrected chi connectivity index (χ0v) is 11.5. The third-order valence-electron chi connectivity index (χ3n) is 3.04. The number of rotatable bonds is 1. The van der Waals surface area contributed by atoms with Crippen LogP contribution in [-0.2, 0) is 0 Å². The molecule has 0 aliphatic heterocycles. The molecular formula is C14H9ClN6. The molecule has 2 heterocycles. The lowest BCUT2D eigenvalue weighted by atomic mass is 10.0. The van der Waals surface area contributed by atoms with E-state index in [0.29, 0.717) is 16.3 Å². The molecule has 21 heavy (non-hydrogen) atoms. The van der Waals surface area contributed by atoms with E-state index in [9.17, 15) is 5.26 Å². The Balaban J connectivity index is 2.36. The Morgan fingerprint density at radius 2 is 1.95 bits per heavy atom. The summed E-state index contributed by atoms with van der Waals surface area (Å²) in [5, 5.41) is 10.4. The van der Waals surface area contributed by atoms with Crippen LogP contribution in [-0.4, -0.2) is 15.0 Å². The normalized spacial score (nSPS) is 10.5. The maximum absolute atomic E-state index is 9.25. The van der Waals surface area contributed by atoms with Crippen LogP contribution in [0.5, 0.6) is 0 Å². The van der Waals surface area contributed by atoms with E-state index in [4.69, 9.17) is 23.1 Å². The van der Waals surface area contributed by atoms with Crippen molar-refractivity contribution in [1.82, 2.24) is 15.0 Å². The summed E-state index contributed by atoms with van der Waals surface area (Å²) in [5.74, 6) is 0.0196. The van der Waals surface area contributed by atoms with E-state index >= 15 is 0 Å². The fourth-order valence-electron chi connectivity index (χ4n) is 2.10. The minimum atomic E-state index is -0.0103. The number of hydrogen-bond acceptors (Lipinski definition) is 6. The first kappa shape index (κ1) is 13.1. The van der Waals surface area contributed by atoms with Gasteiger partial charge in [0.1, 0.15) is 17.5 Å². The lowest BCUT2D eigenvalue weighted by molar-refractivity contribution is 1.18. The Bertz CT molecular complexity index is 900. The van der Waals surface area contributed by atoms with Crippen LogP contribution in [0.2, 0.25) is 5.02 Å². The molecule has 0 saturated carbocycles. The van der Waals surface area contributed by atoms with Crippen molar-refractivity contribution in [3.63, 3.8) is 0 Å². The molecule has 0 bridgehead atoms. The van der Waals surface area contributed by atoms with Crippen molar-refractivity contribution >= 4 is 34.3 Å². The molecule has 0 spiro atoms. The quantitative estimate of drug-likeness (QED) is 0.712. The van der Waals surface area contributed by atoms with E-state index < -0.39 is 0 Å². The number of anilines is 2. The molecule has 0 saturated heterocycles. The van der Waals surface area contributed by atoms with Gasteiger partial charge in [-0.25, -0.2) is 4.98 Å². The van der Waals surface area contributed by atoms with Gasteiger partial charge in [-0.2, -0.15) is 10.2 Å². The third kappa shape index (κ3) is 2.10. The average Bonchev–Trinajstić information content (AvgIpc) is 2.47. The number of nitrogen functional groups attached to an aromatic ring is 2. The molecule has 1 aromatic carbocycles. The molecule has 0 atom stereocenters. The van der Waals surface area contributed by atoms with E-state index in [0.717, 1.165) is 10.9 Å². The predicted octanol–water partition coefficient (Wildman–Crippen LogP) is 2.38. The first-order valence-corrected chi connectivity index (χ1v) is 6.36. The van der Waals surface area contributed by atoms with Crippen LogP contribution < -0.4 is 11.5 Å². The number of nitrogens with zero attached hydrogens (tertiary/aromatic N) is 4. The summed E-state index contributed by atoms with van der Waals surface area (Å²) in [4.78, 5) is 12.1. The van der Waals surface area contributed by atoms with Gasteiger partial charge in [0.05, 0.1) is 16.2 Å². The van der Waals surface area contributed by atoms with E-state index in [1.807, 2.05) is 12.1 Å². The number of hydrogen-bond donors (Lipinski definition) is 2. The fraction of sp³-hybridized carbons (Fsp3) is 0. The van der Waals surface area contributed by atoms with Gasteiger partial charge in [0.15, 0.2) is 0 Å². The highest BCUT2D eigenvalue weighted by molar-refractivity contribution is 6.38. The van der Waals surface area contributed by atoms with E-state index in [-0.39, 0.29) is 17.3 Å². The minimum absolute atomic E-state index is 0.0103. The molecule has 0 fully saturated rings. The second kappa shape index (κ2) is 4.89. The number of nitrogens with two attached hydrogens (primary N) is 2. The Labute approximate surface area is 125 Å². The van der Waals surface area contributed by atoms with E-state index in [1.54, 1.807) is 24.4 Å².